The number of aromatic nitrogens is 5. The maximum atomic E-state index is 7.92. The third kappa shape index (κ3) is 1.96. The molecular formula is C10H13N7. The number of tetrazole rings is 1. The van der Waals surface area contributed by atoms with Crippen molar-refractivity contribution >= 4 is 5.95 Å². The summed E-state index contributed by atoms with van der Waals surface area (Å²) in [5.41, 5.74) is 0. The largest absolute Gasteiger partial charge is 0.337 e. The van der Waals surface area contributed by atoms with E-state index in [1.807, 2.05) is 4.90 Å². The van der Waals surface area contributed by atoms with Gasteiger partial charge in [0.2, 0.25) is 0 Å². The molecule has 0 aromatic carbocycles. The average Bonchev–Trinajstić information content (AvgIpc) is 2.99. The van der Waals surface area contributed by atoms with E-state index in [4.69, 9.17) is 5.48 Å². The van der Waals surface area contributed by atoms with Gasteiger partial charge in [-0.2, -0.15) is 4.68 Å². The van der Waals surface area contributed by atoms with E-state index in [1.165, 1.54) is 4.68 Å². The van der Waals surface area contributed by atoms with Crippen molar-refractivity contribution in [1.82, 2.24) is 30.5 Å². The van der Waals surface area contributed by atoms with Gasteiger partial charge in [0.05, 0.1) is 5.48 Å². The molecule has 0 amide bonds. The van der Waals surface area contributed by atoms with Gasteiger partial charge in [-0.15, -0.1) is 0 Å². The Hall–Kier alpha value is -2.02. The quantitative estimate of drug-likeness (QED) is 0.754. The molecule has 0 spiro atoms. The van der Waals surface area contributed by atoms with Crippen molar-refractivity contribution in [3.05, 3.63) is 24.3 Å². The van der Waals surface area contributed by atoms with Crippen LogP contribution in [-0.4, -0.2) is 51.4 Å². The summed E-state index contributed by atoms with van der Waals surface area (Å²) in [6.07, 6.45) is -0.368. The second-order valence-electron chi connectivity index (χ2n) is 3.55. The molecule has 0 saturated carbocycles. The molecule has 0 radical (unpaired) electrons. The second kappa shape index (κ2) is 4.46. The number of pyridine rings is 1. The van der Waals surface area contributed by atoms with Gasteiger partial charge in [-0.05, 0) is 22.5 Å². The highest BCUT2D eigenvalue weighted by molar-refractivity contribution is 5.36. The molecule has 0 atom stereocenters. The van der Waals surface area contributed by atoms with Crippen LogP contribution < -0.4 is 10.2 Å². The van der Waals surface area contributed by atoms with Crippen LogP contribution in [0.2, 0.25) is 0 Å². The minimum atomic E-state index is -0.374. The van der Waals surface area contributed by atoms with Crippen molar-refractivity contribution in [2.45, 2.75) is 0 Å². The number of rotatable bonds is 2. The molecule has 7 nitrogen and oxygen atoms in total. The van der Waals surface area contributed by atoms with Gasteiger partial charge in [-0.3, -0.25) is 0 Å². The number of hydrogen-bond donors (Lipinski definition) is 1. The van der Waals surface area contributed by atoms with E-state index in [2.05, 4.69) is 25.8 Å². The van der Waals surface area contributed by atoms with Gasteiger partial charge in [-0.1, -0.05) is 11.1 Å². The smallest absolute Gasteiger partial charge is 0.251 e. The van der Waals surface area contributed by atoms with E-state index in [9.17, 15) is 0 Å². The summed E-state index contributed by atoms with van der Waals surface area (Å²) in [6, 6.07) is -0.994. The Morgan fingerprint density at radius 1 is 1.29 bits per heavy atom. The highest BCUT2D eigenvalue weighted by Gasteiger charge is 2.18. The molecule has 1 aliphatic rings. The Morgan fingerprint density at radius 2 is 2.18 bits per heavy atom. The van der Waals surface area contributed by atoms with E-state index in [0.717, 1.165) is 13.1 Å². The molecule has 3 heterocycles. The third-order valence-corrected chi connectivity index (χ3v) is 2.51. The van der Waals surface area contributed by atoms with E-state index in [-0.39, 0.29) is 30.1 Å². The second-order valence-corrected chi connectivity index (χ2v) is 3.55. The Morgan fingerprint density at radius 3 is 3.06 bits per heavy atom. The minimum absolute atomic E-state index is 0.000433. The van der Waals surface area contributed by atoms with Crippen molar-refractivity contribution in [1.29, 1.82) is 0 Å². The molecule has 0 unspecified atom stereocenters. The Bertz CT molecular complexity index is 668. The van der Waals surface area contributed by atoms with Gasteiger partial charge < -0.3 is 10.2 Å². The number of hydrogen-bond acceptors (Lipinski definition) is 6. The van der Waals surface area contributed by atoms with E-state index in [1.54, 1.807) is 0 Å². The highest BCUT2D eigenvalue weighted by Crippen LogP contribution is 2.13. The normalized spacial score (nSPS) is 19.4. The van der Waals surface area contributed by atoms with Gasteiger partial charge in [0.25, 0.3) is 5.95 Å². The van der Waals surface area contributed by atoms with Crippen LogP contribution >= 0.6 is 0 Å². The molecule has 3 rings (SSSR count). The lowest BCUT2D eigenvalue weighted by Gasteiger charge is -2.27. The fourth-order valence-electron chi connectivity index (χ4n) is 1.71. The van der Waals surface area contributed by atoms with E-state index in [0.29, 0.717) is 19.0 Å². The van der Waals surface area contributed by atoms with Crippen LogP contribution in [0, 0.1) is 0 Å². The van der Waals surface area contributed by atoms with Gasteiger partial charge >= 0.3 is 0 Å². The SMILES string of the molecule is [2H]c1nc(-n2nnnc2N2CCNCC2)c([2H])c([2H])c1[2H]. The summed E-state index contributed by atoms with van der Waals surface area (Å²) in [7, 11) is 0. The van der Waals surface area contributed by atoms with Gasteiger partial charge in [0.15, 0.2) is 5.82 Å². The van der Waals surface area contributed by atoms with E-state index >= 15 is 0 Å². The summed E-state index contributed by atoms with van der Waals surface area (Å²) < 4.78 is 32.0. The molecule has 2 aromatic heterocycles. The van der Waals surface area contributed by atoms with Crippen LogP contribution in [-0.2, 0) is 0 Å². The van der Waals surface area contributed by atoms with Crippen LogP contribution in [0.5, 0.6) is 0 Å². The molecule has 7 heteroatoms. The maximum Gasteiger partial charge on any atom is 0.251 e. The molecule has 0 aliphatic carbocycles. The maximum absolute atomic E-state index is 7.92. The molecule has 1 aliphatic heterocycles. The highest BCUT2D eigenvalue weighted by atomic mass is 15.6. The topological polar surface area (TPSA) is 71.8 Å². The fourth-order valence-corrected chi connectivity index (χ4v) is 1.71. The van der Waals surface area contributed by atoms with Crippen molar-refractivity contribution < 1.29 is 5.48 Å². The predicted molar refractivity (Wildman–Crippen MR) is 62.0 cm³/mol. The summed E-state index contributed by atoms with van der Waals surface area (Å²) in [5.74, 6) is 0.425. The number of nitrogens with zero attached hydrogens (tertiary/aromatic N) is 6. The first kappa shape index (κ1) is 6.65. The van der Waals surface area contributed by atoms with Crippen LogP contribution in [0.4, 0.5) is 5.95 Å². The minimum Gasteiger partial charge on any atom is -0.337 e. The molecule has 17 heavy (non-hydrogen) atoms. The summed E-state index contributed by atoms with van der Waals surface area (Å²) in [6.45, 7) is 3.03. The van der Waals surface area contributed by atoms with Gasteiger partial charge in [-0.25, -0.2) is 4.98 Å². The Balaban J connectivity index is 2.08. The summed E-state index contributed by atoms with van der Waals surface area (Å²) in [5, 5.41) is 14.6. The zero-order valence-corrected chi connectivity index (χ0v) is 9.01. The van der Waals surface area contributed by atoms with Gasteiger partial charge in [0, 0.05) is 32.4 Å². The molecule has 2 aromatic rings. The lowest BCUT2D eigenvalue weighted by Crippen LogP contribution is -2.44. The lowest BCUT2D eigenvalue weighted by atomic mass is 10.4. The zero-order valence-electron chi connectivity index (χ0n) is 13.0. The molecule has 0 bridgehead atoms. The molecular weight excluding hydrogens is 218 g/mol. The zero-order chi connectivity index (χ0) is 15.0. The number of nitrogens with one attached hydrogen (secondary N) is 1. The molecule has 1 saturated heterocycles. The summed E-state index contributed by atoms with van der Waals surface area (Å²) >= 11 is 0. The number of piperazine rings is 1. The number of anilines is 1. The summed E-state index contributed by atoms with van der Waals surface area (Å²) in [4.78, 5) is 5.82. The molecule has 1 fully saturated rings. The average molecular weight is 235 g/mol. The predicted octanol–water partition coefficient (Wildman–Crippen LogP) is -0.533. The van der Waals surface area contributed by atoms with Crippen molar-refractivity contribution in [2.75, 3.05) is 31.1 Å². The van der Waals surface area contributed by atoms with E-state index < -0.39 is 0 Å². The first-order valence-electron chi connectivity index (χ1n) is 7.28. The standard InChI is InChI=1S/C10H13N7/c1-2-4-12-9(3-1)17-10(13-14-15-17)16-7-5-11-6-8-16/h1-4,11H,5-8H2/i1D,2D,3D,4D. The Labute approximate surface area is 104 Å². The molecule has 88 valence electrons. The first-order chi connectivity index (χ1) is 10.1. The fraction of sp³-hybridized carbons (Fsp3) is 0.400. The van der Waals surface area contributed by atoms with Crippen LogP contribution in [0.25, 0.3) is 5.82 Å². The van der Waals surface area contributed by atoms with Gasteiger partial charge in [0.1, 0.15) is 0 Å². The third-order valence-electron chi connectivity index (χ3n) is 2.51. The molecule has 1 N–H and O–H groups in total. The van der Waals surface area contributed by atoms with Crippen molar-refractivity contribution in [3.8, 4) is 5.82 Å². The first-order valence-corrected chi connectivity index (χ1v) is 5.28. The van der Waals surface area contributed by atoms with Crippen molar-refractivity contribution in [3.63, 3.8) is 0 Å². The van der Waals surface area contributed by atoms with Crippen LogP contribution in [0.3, 0.4) is 0 Å². The Kier molecular flexibility index (Phi) is 1.75. The van der Waals surface area contributed by atoms with Crippen LogP contribution in [0.1, 0.15) is 5.48 Å². The lowest BCUT2D eigenvalue weighted by molar-refractivity contribution is 0.574. The monoisotopic (exact) mass is 235 g/mol. The van der Waals surface area contributed by atoms with Crippen molar-refractivity contribution in [2.24, 2.45) is 0 Å². The van der Waals surface area contributed by atoms with Crippen LogP contribution in [0.15, 0.2) is 24.3 Å².